The SMILES string of the molecule is COC(=O)CC(c1c(F)cccc1Cl)c1c(C)[nH][nH]c1=O. The maximum atomic E-state index is 14.2. The Morgan fingerprint density at radius 2 is 2.10 bits per heavy atom. The molecule has 0 amide bonds. The molecule has 0 aliphatic rings. The molecule has 21 heavy (non-hydrogen) atoms. The molecule has 0 saturated heterocycles. The first kappa shape index (κ1) is 15.3. The lowest BCUT2D eigenvalue weighted by atomic mass is 9.88. The summed E-state index contributed by atoms with van der Waals surface area (Å²) in [4.78, 5) is 23.6. The number of rotatable bonds is 4. The maximum absolute atomic E-state index is 14.2. The molecule has 0 bridgehead atoms. The van der Waals surface area contributed by atoms with Gasteiger partial charge in [-0.2, -0.15) is 0 Å². The van der Waals surface area contributed by atoms with Gasteiger partial charge in [0.2, 0.25) is 0 Å². The molecule has 5 nitrogen and oxygen atoms in total. The number of H-pyrrole nitrogens is 2. The Morgan fingerprint density at radius 1 is 1.38 bits per heavy atom. The number of hydrogen-bond acceptors (Lipinski definition) is 3. The monoisotopic (exact) mass is 312 g/mol. The number of aryl methyl sites for hydroxylation is 1. The standard InChI is InChI=1S/C14H14ClFN2O3/c1-7-12(14(20)18-17-7)8(6-11(19)21-2)13-9(15)4-3-5-10(13)16/h3-5,8H,6H2,1-2H3,(H2,17,18,20). The minimum atomic E-state index is -0.818. The third-order valence-electron chi connectivity index (χ3n) is 3.31. The normalized spacial score (nSPS) is 12.2. The minimum Gasteiger partial charge on any atom is -0.469 e. The summed E-state index contributed by atoms with van der Waals surface area (Å²) in [5, 5.41) is 5.24. The van der Waals surface area contributed by atoms with E-state index < -0.39 is 23.3 Å². The third-order valence-corrected chi connectivity index (χ3v) is 3.64. The van der Waals surface area contributed by atoms with Gasteiger partial charge in [0.1, 0.15) is 5.82 Å². The Hall–Kier alpha value is -2.08. The zero-order chi connectivity index (χ0) is 15.6. The van der Waals surface area contributed by atoms with Crippen molar-refractivity contribution in [1.29, 1.82) is 0 Å². The van der Waals surface area contributed by atoms with E-state index in [1.165, 1.54) is 25.3 Å². The van der Waals surface area contributed by atoms with Crippen LogP contribution in [0.2, 0.25) is 5.02 Å². The number of ether oxygens (including phenoxy) is 1. The Balaban J connectivity index is 2.62. The van der Waals surface area contributed by atoms with Crippen molar-refractivity contribution in [3.05, 3.63) is 56.2 Å². The molecule has 0 spiro atoms. The second kappa shape index (κ2) is 6.13. The second-order valence-corrected chi connectivity index (χ2v) is 4.99. The number of benzene rings is 1. The van der Waals surface area contributed by atoms with Crippen molar-refractivity contribution in [3.63, 3.8) is 0 Å². The average Bonchev–Trinajstić information content (AvgIpc) is 2.76. The Bertz CT molecular complexity index is 703. The predicted octanol–water partition coefficient (Wildman–Crippen LogP) is 2.50. The van der Waals surface area contributed by atoms with Crippen LogP contribution in [-0.4, -0.2) is 23.3 Å². The van der Waals surface area contributed by atoms with Gasteiger partial charge in [-0.3, -0.25) is 14.7 Å². The quantitative estimate of drug-likeness (QED) is 0.852. The van der Waals surface area contributed by atoms with E-state index in [0.29, 0.717) is 5.69 Å². The summed E-state index contributed by atoms with van der Waals surface area (Å²) >= 11 is 6.06. The van der Waals surface area contributed by atoms with Gasteiger partial charge < -0.3 is 9.84 Å². The van der Waals surface area contributed by atoms with E-state index in [0.717, 1.165) is 0 Å². The van der Waals surface area contributed by atoms with E-state index in [9.17, 15) is 14.0 Å². The van der Waals surface area contributed by atoms with Crippen molar-refractivity contribution in [3.8, 4) is 0 Å². The Morgan fingerprint density at radius 3 is 2.62 bits per heavy atom. The van der Waals surface area contributed by atoms with Gasteiger partial charge in [-0.05, 0) is 19.1 Å². The zero-order valence-electron chi connectivity index (χ0n) is 11.5. The number of aromatic nitrogens is 2. The number of esters is 1. The van der Waals surface area contributed by atoms with E-state index in [-0.39, 0.29) is 22.6 Å². The van der Waals surface area contributed by atoms with Crippen LogP contribution < -0.4 is 5.56 Å². The summed E-state index contributed by atoms with van der Waals surface area (Å²) in [6.45, 7) is 1.66. The fourth-order valence-corrected chi connectivity index (χ4v) is 2.61. The maximum Gasteiger partial charge on any atom is 0.306 e. The van der Waals surface area contributed by atoms with Crippen LogP contribution >= 0.6 is 11.6 Å². The van der Waals surface area contributed by atoms with E-state index in [1.807, 2.05) is 0 Å². The molecule has 112 valence electrons. The topological polar surface area (TPSA) is 75.0 Å². The lowest BCUT2D eigenvalue weighted by Gasteiger charge is -2.17. The average molecular weight is 313 g/mol. The van der Waals surface area contributed by atoms with Crippen LogP contribution in [-0.2, 0) is 9.53 Å². The van der Waals surface area contributed by atoms with Gasteiger partial charge in [0, 0.05) is 27.8 Å². The zero-order valence-corrected chi connectivity index (χ0v) is 12.3. The van der Waals surface area contributed by atoms with Crippen molar-refractivity contribution in [2.45, 2.75) is 19.3 Å². The van der Waals surface area contributed by atoms with Crippen molar-refractivity contribution in [2.24, 2.45) is 0 Å². The van der Waals surface area contributed by atoms with Gasteiger partial charge in [0.15, 0.2) is 0 Å². The Labute approximate surface area is 125 Å². The van der Waals surface area contributed by atoms with Crippen molar-refractivity contribution in [1.82, 2.24) is 10.2 Å². The molecule has 1 atom stereocenters. The fourth-order valence-electron chi connectivity index (χ4n) is 2.32. The lowest BCUT2D eigenvalue weighted by Crippen LogP contribution is -2.18. The number of methoxy groups -OCH3 is 1. The van der Waals surface area contributed by atoms with Gasteiger partial charge in [-0.15, -0.1) is 0 Å². The molecular formula is C14H14ClFN2O3. The van der Waals surface area contributed by atoms with Gasteiger partial charge in [0.05, 0.1) is 13.5 Å². The van der Waals surface area contributed by atoms with Crippen LogP contribution in [0.1, 0.15) is 29.2 Å². The number of halogens is 2. The van der Waals surface area contributed by atoms with Gasteiger partial charge in [-0.1, -0.05) is 17.7 Å². The molecule has 1 aromatic carbocycles. The van der Waals surface area contributed by atoms with E-state index in [2.05, 4.69) is 14.9 Å². The summed E-state index contributed by atoms with van der Waals surface area (Å²) in [5.41, 5.74) is 0.485. The first-order valence-electron chi connectivity index (χ1n) is 6.23. The summed E-state index contributed by atoms with van der Waals surface area (Å²) in [6.07, 6.45) is -0.182. The number of carbonyl (C=O) groups excluding carboxylic acids is 1. The van der Waals surface area contributed by atoms with Crippen molar-refractivity contribution < 1.29 is 13.9 Å². The molecule has 0 aliphatic carbocycles. The van der Waals surface area contributed by atoms with Crippen LogP contribution in [0.4, 0.5) is 4.39 Å². The van der Waals surface area contributed by atoms with Gasteiger partial charge >= 0.3 is 5.97 Å². The first-order valence-corrected chi connectivity index (χ1v) is 6.61. The largest absolute Gasteiger partial charge is 0.469 e. The minimum absolute atomic E-state index is 0.109. The van der Waals surface area contributed by atoms with E-state index >= 15 is 0 Å². The molecule has 2 N–H and O–H groups in total. The highest BCUT2D eigenvalue weighted by atomic mass is 35.5. The van der Waals surface area contributed by atoms with E-state index in [1.54, 1.807) is 6.92 Å². The molecular weight excluding hydrogens is 299 g/mol. The van der Waals surface area contributed by atoms with Crippen LogP contribution in [0.3, 0.4) is 0 Å². The molecule has 0 fully saturated rings. The van der Waals surface area contributed by atoms with Crippen molar-refractivity contribution >= 4 is 17.6 Å². The Kier molecular flexibility index (Phi) is 4.47. The lowest BCUT2D eigenvalue weighted by molar-refractivity contribution is -0.140. The molecule has 1 heterocycles. The highest BCUT2D eigenvalue weighted by Gasteiger charge is 2.28. The van der Waals surface area contributed by atoms with Crippen LogP contribution in [0.5, 0.6) is 0 Å². The highest BCUT2D eigenvalue weighted by Crippen LogP contribution is 2.34. The van der Waals surface area contributed by atoms with Gasteiger partial charge in [-0.25, -0.2) is 4.39 Å². The number of carbonyl (C=O) groups is 1. The number of aromatic amines is 2. The molecule has 7 heteroatoms. The van der Waals surface area contributed by atoms with Crippen LogP contribution in [0.15, 0.2) is 23.0 Å². The summed E-state index contributed by atoms with van der Waals surface area (Å²) in [6, 6.07) is 4.21. The van der Waals surface area contributed by atoms with Crippen LogP contribution in [0, 0.1) is 12.7 Å². The summed E-state index contributed by atoms with van der Waals surface area (Å²) < 4.78 is 18.8. The molecule has 2 aromatic rings. The van der Waals surface area contributed by atoms with E-state index in [4.69, 9.17) is 11.6 Å². The summed E-state index contributed by atoms with van der Waals surface area (Å²) in [5.74, 6) is -1.95. The molecule has 2 rings (SSSR count). The molecule has 0 aliphatic heterocycles. The third kappa shape index (κ3) is 3.00. The summed E-state index contributed by atoms with van der Waals surface area (Å²) in [7, 11) is 1.23. The highest BCUT2D eigenvalue weighted by molar-refractivity contribution is 6.31. The number of hydrogen-bond donors (Lipinski definition) is 2. The second-order valence-electron chi connectivity index (χ2n) is 4.59. The molecule has 1 aromatic heterocycles. The molecule has 0 radical (unpaired) electrons. The molecule has 1 unspecified atom stereocenters. The van der Waals surface area contributed by atoms with Crippen molar-refractivity contribution in [2.75, 3.05) is 7.11 Å². The van der Waals surface area contributed by atoms with Gasteiger partial charge in [0.25, 0.3) is 5.56 Å². The number of nitrogens with one attached hydrogen (secondary N) is 2. The van der Waals surface area contributed by atoms with Crippen LogP contribution in [0.25, 0.3) is 0 Å². The smallest absolute Gasteiger partial charge is 0.306 e. The predicted molar refractivity (Wildman–Crippen MR) is 76.0 cm³/mol. The molecule has 0 saturated carbocycles. The first-order chi connectivity index (χ1) is 9.95. The fraction of sp³-hybridized carbons (Fsp3) is 0.286.